The summed E-state index contributed by atoms with van der Waals surface area (Å²) in [6, 6.07) is 19.3. The maximum atomic E-state index is 13.3. The average molecular weight is 429 g/mol. The van der Waals surface area contributed by atoms with Gasteiger partial charge in [-0.25, -0.2) is 0 Å². The summed E-state index contributed by atoms with van der Waals surface area (Å²) < 4.78 is 39.9. The number of aromatic nitrogens is 1. The van der Waals surface area contributed by atoms with Crippen molar-refractivity contribution in [2.75, 3.05) is 5.32 Å². The van der Waals surface area contributed by atoms with Gasteiger partial charge in [0, 0.05) is 22.8 Å². The van der Waals surface area contributed by atoms with E-state index < -0.39 is 17.8 Å². The molecule has 0 aliphatic rings. The molecule has 30 heavy (non-hydrogen) atoms. The van der Waals surface area contributed by atoms with Crippen LogP contribution in [0.3, 0.4) is 0 Å². The van der Waals surface area contributed by atoms with E-state index in [4.69, 9.17) is 11.6 Å². The Hall–Kier alpha value is -3.25. The van der Waals surface area contributed by atoms with Gasteiger partial charge in [0.05, 0.1) is 16.6 Å². The van der Waals surface area contributed by atoms with Crippen molar-refractivity contribution in [2.24, 2.45) is 0 Å². The molecule has 1 aromatic heterocycles. The molecule has 0 spiro atoms. The third-order valence-corrected chi connectivity index (χ3v) is 5.14. The number of nitrogens with zero attached hydrogens (tertiary/aromatic N) is 1. The first-order valence-electron chi connectivity index (χ1n) is 9.09. The molecule has 0 fully saturated rings. The Labute approximate surface area is 175 Å². The monoisotopic (exact) mass is 428 g/mol. The molecule has 0 saturated heterocycles. The molecule has 1 heterocycles. The predicted octanol–water partition coefficient (Wildman–Crippen LogP) is 6.81. The molecular formula is C23H16ClF3N2O. The Kier molecular flexibility index (Phi) is 5.26. The maximum Gasteiger partial charge on any atom is 0.417 e. The highest BCUT2D eigenvalue weighted by atomic mass is 35.5. The summed E-state index contributed by atoms with van der Waals surface area (Å²) in [6.07, 6.45) is -3.00. The van der Waals surface area contributed by atoms with Crippen LogP contribution in [0.4, 0.5) is 18.9 Å². The van der Waals surface area contributed by atoms with Crippen molar-refractivity contribution in [1.29, 1.82) is 0 Å². The van der Waals surface area contributed by atoms with Crippen LogP contribution in [0.2, 0.25) is 5.02 Å². The normalized spacial score (nSPS) is 12.7. The smallest absolute Gasteiger partial charge is 0.417 e. The highest BCUT2D eigenvalue weighted by Gasteiger charge is 2.33. The summed E-state index contributed by atoms with van der Waals surface area (Å²) in [5.74, 6) is -0.0283. The Morgan fingerprint density at radius 3 is 2.43 bits per heavy atom. The Bertz CT molecular complexity index is 1200. The largest absolute Gasteiger partial charge is 0.505 e. The second kappa shape index (κ2) is 7.88. The molecule has 7 heteroatoms. The summed E-state index contributed by atoms with van der Waals surface area (Å²) in [5, 5.41) is 14.4. The van der Waals surface area contributed by atoms with Crippen LogP contribution in [0.15, 0.2) is 79.0 Å². The summed E-state index contributed by atoms with van der Waals surface area (Å²) >= 11 is 5.75. The number of halogens is 4. The molecule has 152 valence electrons. The molecule has 1 atom stereocenters. The van der Waals surface area contributed by atoms with Gasteiger partial charge in [-0.3, -0.25) is 4.98 Å². The van der Waals surface area contributed by atoms with Gasteiger partial charge in [0.15, 0.2) is 0 Å². The molecule has 3 aromatic carbocycles. The van der Waals surface area contributed by atoms with E-state index >= 15 is 0 Å². The van der Waals surface area contributed by atoms with Crippen molar-refractivity contribution in [3.8, 4) is 5.75 Å². The number of rotatable bonds is 4. The number of phenols is 1. The second-order valence-corrected chi connectivity index (χ2v) is 7.17. The van der Waals surface area contributed by atoms with Crippen LogP contribution >= 0.6 is 11.6 Å². The lowest BCUT2D eigenvalue weighted by molar-refractivity contribution is -0.137. The van der Waals surface area contributed by atoms with E-state index in [1.165, 1.54) is 12.1 Å². The van der Waals surface area contributed by atoms with Gasteiger partial charge in [-0.2, -0.15) is 13.2 Å². The van der Waals surface area contributed by atoms with Crippen LogP contribution in [-0.2, 0) is 6.18 Å². The van der Waals surface area contributed by atoms with Crippen LogP contribution in [0.5, 0.6) is 5.75 Å². The first kappa shape index (κ1) is 20.0. The van der Waals surface area contributed by atoms with E-state index in [1.54, 1.807) is 18.3 Å². The number of fused-ring (bicyclic) bond motifs is 1. The lowest BCUT2D eigenvalue weighted by atomic mass is 9.96. The fraction of sp³-hybridized carbons (Fsp3) is 0.0870. The molecule has 4 rings (SSSR count). The quantitative estimate of drug-likeness (QED) is 0.375. The first-order valence-corrected chi connectivity index (χ1v) is 9.47. The zero-order valence-corrected chi connectivity index (χ0v) is 16.2. The number of benzene rings is 3. The second-order valence-electron chi connectivity index (χ2n) is 6.76. The number of hydrogen-bond acceptors (Lipinski definition) is 3. The van der Waals surface area contributed by atoms with E-state index in [-0.39, 0.29) is 16.5 Å². The van der Waals surface area contributed by atoms with Crippen LogP contribution in [0.25, 0.3) is 10.9 Å². The molecule has 0 radical (unpaired) electrons. The minimum atomic E-state index is -4.58. The van der Waals surface area contributed by atoms with Crippen LogP contribution in [-0.4, -0.2) is 10.1 Å². The molecule has 1 unspecified atom stereocenters. The van der Waals surface area contributed by atoms with Gasteiger partial charge in [0.2, 0.25) is 0 Å². The van der Waals surface area contributed by atoms with E-state index in [9.17, 15) is 18.3 Å². The molecule has 2 N–H and O–H groups in total. The van der Waals surface area contributed by atoms with Crippen molar-refractivity contribution in [1.82, 2.24) is 4.98 Å². The molecule has 3 nitrogen and oxygen atoms in total. The fourth-order valence-electron chi connectivity index (χ4n) is 3.36. The van der Waals surface area contributed by atoms with E-state index in [0.29, 0.717) is 11.1 Å². The molecular weight excluding hydrogens is 413 g/mol. The number of aromatic hydroxyl groups is 1. The number of pyridine rings is 1. The van der Waals surface area contributed by atoms with E-state index in [2.05, 4.69) is 10.3 Å². The molecule has 4 aromatic rings. The predicted molar refractivity (Wildman–Crippen MR) is 112 cm³/mol. The molecule has 0 bridgehead atoms. The highest BCUT2D eigenvalue weighted by Crippen LogP contribution is 2.39. The van der Waals surface area contributed by atoms with E-state index in [1.807, 2.05) is 42.5 Å². The molecule has 0 aliphatic heterocycles. The Balaban J connectivity index is 1.83. The average Bonchev–Trinajstić information content (AvgIpc) is 2.74. The highest BCUT2D eigenvalue weighted by molar-refractivity contribution is 6.31. The van der Waals surface area contributed by atoms with Crippen molar-refractivity contribution in [3.63, 3.8) is 0 Å². The maximum absolute atomic E-state index is 13.3. The van der Waals surface area contributed by atoms with E-state index in [0.717, 1.165) is 17.0 Å². The van der Waals surface area contributed by atoms with Gasteiger partial charge >= 0.3 is 6.18 Å². The van der Waals surface area contributed by atoms with Crippen LogP contribution in [0.1, 0.15) is 22.7 Å². The summed E-state index contributed by atoms with van der Waals surface area (Å²) in [7, 11) is 0. The number of nitrogens with one attached hydrogen (secondary N) is 1. The minimum Gasteiger partial charge on any atom is -0.505 e. The lowest BCUT2D eigenvalue weighted by Crippen LogP contribution is -2.14. The molecule has 0 saturated carbocycles. The number of hydrogen-bond donors (Lipinski definition) is 2. The zero-order chi connectivity index (χ0) is 21.3. The SMILES string of the molecule is Oc1c(C(Nc2ccc(Cl)c(C(F)(F)F)c2)c2ccccc2)ccc2cccnc12. The van der Waals surface area contributed by atoms with Crippen molar-refractivity contribution in [3.05, 3.63) is 101 Å². The third-order valence-electron chi connectivity index (χ3n) is 4.81. The van der Waals surface area contributed by atoms with Crippen molar-refractivity contribution >= 4 is 28.2 Å². The number of phenolic OH excluding ortho intramolecular Hbond substituents is 1. The van der Waals surface area contributed by atoms with Crippen molar-refractivity contribution in [2.45, 2.75) is 12.2 Å². The fourth-order valence-corrected chi connectivity index (χ4v) is 3.59. The zero-order valence-electron chi connectivity index (χ0n) is 15.5. The van der Waals surface area contributed by atoms with Gasteiger partial charge in [-0.15, -0.1) is 0 Å². The van der Waals surface area contributed by atoms with Crippen LogP contribution < -0.4 is 5.32 Å². The lowest BCUT2D eigenvalue weighted by Gasteiger charge is -2.23. The van der Waals surface area contributed by atoms with Gasteiger partial charge in [-0.05, 0) is 29.8 Å². The summed E-state index contributed by atoms with van der Waals surface area (Å²) in [6.45, 7) is 0. The van der Waals surface area contributed by atoms with Crippen molar-refractivity contribution < 1.29 is 18.3 Å². The van der Waals surface area contributed by atoms with Gasteiger partial charge in [-0.1, -0.05) is 60.1 Å². The Morgan fingerprint density at radius 2 is 1.70 bits per heavy atom. The summed E-state index contributed by atoms with van der Waals surface area (Å²) in [4.78, 5) is 4.24. The topological polar surface area (TPSA) is 45.1 Å². The number of alkyl halides is 3. The standard InChI is InChI=1S/C23H16ClF3N2O/c24-19-11-9-16(13-18(19)23(25,26)27)29-20(14-5-2-1-3-6-14)17-10-8-15-7-4-12-28-21(15)22(17)30/h1-13,20,29-30H. The number of anilines is 1. The summed E-state index contributed by atoms with van der Waals surface area (Å²) in [5.41, 5.74) is 0.985. The van der Waals surface area contributed by atoms with Gasteiger partial charge < -0.3 is 10.4 Å². The third kappa shape index (κ3) is 3.91. The molecule has 0 aliphatic carbocycles. The Morgan fingerprint density at radius 1 is 0.933 bits per heavy atom. The van der Waals surface area contributed by atoms with Crippen LogP contribution in [0, 0.1) is 0 Å². The van der Waals surface area contributed by atoms with Gasteiger partial charge in [0.25, 0.3) is 0 Å². The van der Waals surface area contributed by atoms with Gasteiger partial charge in [0.1, 0.15) is 11.3 Å². The first-order chi connectivity index (χ1) is 14.3. The molecule has 0 amide bonds. The minimum absolute atomic E-state index is 0.0283.